The van der Waals surface area contributed by atoms with Gasteiger partial charge in [0.2, 0.25) is 0 Å². The molecule has 0 radical (unpaired) electrons. The van der Waals surface area contributed by atoms with E-state index in [4.69, 9.17) is 5.11 Å². The van der Waals surface area contributed by atoms with Gasteiger partial charge < -0.3 is 5.11 Å². The van der Waals surface area contributed by atoms with Crippen molar-refractivity contribution in [2.45, 2.75) is 6.67 Å². The molecule has 1 nitrogen and oxygen atoms in total. The molecule has 0 aliphatic rings. The molecule has 1 aromatic carbocycles. The van der Waals surface area contributed by atoms with E-state index in [0.717, 1.165) is 12.1 Å². The Morgan fingerprint density at radius 3 is 2.60 bits per heavy atom. The van der Waals surface area contributed by atoms with E-state index >= 15 is 0 Å². The lowest BCUT2D eigenvalue weighted by Crippen LogP contribution is -1.80. The molecule has 0 unspecified atom stereocenters. The second-order valence-electron chi connectivity index (χ2n) is 1.92. The van der Waals surface area contributed by atoms with E-state index in [1.54, 1.807) is 0 Å². The van der Waals surface area contributed by atoms with E-state index in [1.165, 1.54) is 6.07 Å². The van der Waals surface area contributed by atoms with Crippen LogP contribution in [0.1, 0.15) is 5.56 Å². The summed E-state index contributed by atoms with van der Waals surface area (Å²) in [6.45, 7) is -0.687. The largest absolute Gasteiger partial charge is 0.505 e. The van der Waals surface area contributed by atoms with Gasteiger partial charge in [0, 0.05) is 0 Å². The highest BCUT2D eigenvalue weighted by Gasteiger charge is 1.99. The Kier molecular flexibility index (Phi) is 1.85. The van der Waals surface area contributed by atoms with Gasteiger partial charge in [0.05, 0.1) is 0 Å². The number of phenols is 1. The van der Waals surface area contributed by atoms with Crippen molar-refractivity contribution in [1.82, 2.24) is 0 Å². The van der Waals surface area contributed by atoms with E-state index < -0.39 is 18.2 Å². The van der Waals surface area contributed by atoms with Crippen molar-refractivity contribution in [3.8, 4) is 5.75 Å². The van der Waals surface area contributed by atoms with E-state index in [1.807, 2.05) is 0 Å². The number of hydrogen-bond acceptors (Lipinski definition) is 1. The number of hydrogen-bond donors (Lipinski definition) is 1. The second-order valence-corrected chi connectivity index (χ2v) is 1.92. The first-order chi connectivity index (χ1) is 4.74. The monoisotopic (exact) mass is 144 g/mol. The number of aromatic hydroxyl groups is 1. The highest BCUT2D eigenvalue weighted by Crippen LogP contribution is 2.16. The zero-order valence-corrected chi connectivity index (χ0v) is 5.14. The van der Waals surface area contributed by atoms with Crippen LogP contribution in [0.4, 0.5) is 8.78 Å². The quantitative estimate of drug-likeness (QED) is 0.639. The highest BCUT2D eigenvalue weighted by molar-refractivity contribution is 5.28. The summed E-state index contributed by atoms with van der Waals surface area (Å²) >= 11 is 0. The minimum Gasteiger partial charge on any atom is -0.505 e. The van der Waals surface area contributed by atoms with Gasteiger partial charge in [0.1, 0.15) is 6.67 Å². The van der Waals surface area contributed by atoms with Crippen molar-refractivity contribution in [2.24, 2.45) is 0 Å². The van der Waals surface area contributed by atoms with E-state index in [0.29, 0.717) is 0 Å². The molecule has 0 aliphatic heterocycles. The number of rotatable bonds is 1. The average Bonchev–Trinajstić information content (AvgIpc) is 1.95. The minimum atomic E-state index is -0.725. The van der Waals surface area contributed by atoms with Crippen LogP contribution >= 0.6 is 0 Å². The fourth-order valence-corrected chi connectivity index (χ4v) is 0.641. The van der Waals surface area contributed by atoms with Crippen molar-refractivity contribution in [3.63, 3.8) is 0 Å². The van der Waals surface area contributed by atoms with Crippen LogP contribution in [0.15, 0.2) is 18.2 Å². The Bertz CT molecular complexity index is 235. The van der Waals surface area contributed by atoms with Gasteiger partial charge in [-0.15, -0.1) is 0 Å². The molecule has 54 valence electrons. The normalized spacial score (nSPS) is 9.80. The lowest BCUT2D eigenvalue weighted by Gasteiger charge is -1.95. The summed E-state index contributed by atoms with van der Waals surface area (Å²) < 4.78 is 24.1. The van der Waals surface area contributed by atoms with E-state index in [2.05, 4.69) is 0 Å². The number of phenolic OH excluding ortho intramolecular Hbond substituents is 1. The number of halogens is 2. The first kappa shape index (κ1) is 6.99. The summed E-state index contributed by atoms with van der Waals surface area (Å²) in [7, 11) is 0. The predicted molar refractivity (Wildman–Crippen MR) is 32.9 cm³/mol. The SMILES string of the molecule is Oc1cc(CF)ccc1F. The van der Waals surface area contributed by atoms with Crippen molar-refractivity contribution >= 4 is 0 Å². The Balaban J connectivity index is 3.04. The minimum absolute atomic E-state index is 0.277. The maximum Gasteiger partial charge on any atom is 0.164 e. The van der Waals surface area contributed by atoms with Crippen LogP contribution in [-0.2, 0) is 6.67 Å². The molecule has 0 amide bonds. The smallest absolute Gasteiger partial charge is 0.164 e. The maximum atomic E-state index is 12.3. The Morgan fingerprint density at radius 2 is 2.10 bits per heavy atom. The molecule has 0 aliphatic carbocycles. The van der Waals surface area contributed by atoms with Gasteiger partial charge in [0.15, 0.2) is 11.6 Å². The molecule has 0 aromatic heterocycles. The van der Waals surface area contributed by atoms with Crippen LogP contribution in [0.5, 0.6) is 5.75 Å². The van der Waals surface area contributed by atoms with Gasteiger partial charge in [0.25, 0.3) is 0 Å². The molecule has 10 heavy (non-hydrogen) atoms. The van der Waals surface area contributed by atoms with Gasteiger partial charge in [-0.1, -0.05) is 6.07 Å². The van der Waals surface area contributed by atoms with Gasteiger partial charge in [-0.2, -0.15) is 0 Å². The first-order valence-corrected chi connectivity index (χ1v) is 2.77. The fourth-order valence-electron chi connectivity index (χ4n) is 0.641. The molecule has 1 N–H and O–H groups in total. The third kappa shape index (κ3) is 1.23. The summed E-state index contributed by atoms with van der Waals surface area (Å²) in [6.07, 6.45) is 0. The molecule has 0 atom stereocenters. The van der Waals surface area contributed by atoms with Crippen LogP contribution in [0.25, 0.3) is 0 Å². The first-order valence-electron chi connectivity index (χ1n) is 2.77. The molecule has 0 saturated heterocycles. The molecule has 1 rings (SSSR count). The number of alkyl halides is 1. The lowest BCUT2D eigenvalue weighted by atomic mass is 10.2. The van der Waals surface area contributed by atoms with Crippen molar-refractivity contribution in [1.29, 1.82) is 0 Å². The standard InChI is InChI=1S/C7H6F2O/c8-4-5-1-2-6(9)7(10)3-5/h1-3,10H,4H2. The molecule has 0 bridgehead atoms. The van der Waals surface area contributed by atoms with Crippen molar-refractivity contribution < 1.29 is 13.9 Å². The van der Waals surface area contributed by atoms with Crippen LogP contribution in [-0.4, -0.2) is 5.11 Å². The van der Waals surface area contributed by atoms with E-state index in [-0.39, 0.29) is 5.56 Å². The zero-order chi connectivity index (χ0) is 7.56. The average molecular weight is 144 g/mol. The summed E-state index contributed by atoms with van der Waals surface area (Å²) in [5.41, 5.74) is 0.277. The van der Waals surface area contributed by atoms with E-state index in [9.17, 15) is 8.78 Å². The zero-order valence-electron chi connectivity index (χ0n) is 5.14. The topological polar surface area (TPSA) is 20.2 Å². The molecular formula is C7H6F2O. The van der Waals surface area contributed by atoms with Crippen molar-refractivity contribution in [2.75, 3.05) is 0 Å². The maximum absolute atomic E-state index is 12.3. The molecule has 3 heteroatoms. The third-order valence-corrected chi connectivity index (χ3v) is 1.16. The van der Waals surface area contributed by atoms with Crippen molar-refractivity contribution in [3.05, 3.63) is 29.6 Å². The van der Waals surface area contributed by atoms with Crippen LogP contribution in [0.3, 0.4) is 0 Å². The highest BCUT2D eigenvalue weighted by atomic mass is 19.1. The summed E-state index contributed by atoms with van der Waals surface area (Å²) in [6, 6.07) is 3.38. The summed E-state index contributed by atoms with van der Waals surface area (Å²) in [5.74, 6) is -1.23. The Hall–Kier alpha value is -1.12. The van der Waals surface area contributed by atoms with Crippen LogP contribution < -0.4 is 0 Å². The van der Waals surface area contributed by atoms with Gasteiger partial charge in [-0.25, -0.2) is 8.78 Å². The molecule has 0 heterocycles. The van der Waals surface area contributed by atoms with Gasteiger partial charge in [-0.3, -0.25) is 0 Å². The van der Waals surface area contributed by atoms with Crippen LogP contribution in [0, 0.1) is 5.82 Å². The molecule has 0 fully saturated rings. The third-order valence-electron chi connectivity index (χ3n) is 1.16. The second kappa shape index (κ2) is 2.64. The summed E-state index contributed by atoms with van der Waals surface area (Å²) in [5, 5.41) is 8.69. The predicted octanol–water partition coefficient (Wildman–Crippen LogP) is 2.00. The molecular weight excluding hydrogens is 138 g/mol. The number of benzene rings is 1. The molecule has 0 saturated carbocycles. The van der Waals surface area contributed by atoms with Gasteiger partial charge >= 0.3 is 0 Å². The molecule has 0 spiro atoms. The summed E-state index contributed by atoms with van der Waals surface area (Å²) in [4.78, 5) is 0. The Morgan fingerprint density at radius 1 is 1.40 bits per heavy atom. The molecule has 1 aromatic rings. The van der Waals surface area contributed by atoms with Gasteiger partial charge in [-0.05, 0) is 17.7 Å². The fraction of sp³-hybridized carbons (Fsp3) is 0.143. The Labute approximate surface area is 56.9 Å². The lowest BCUT2D eigenvalue weighted by molar-refractivity contribution is 0.427. The van der Waals surface area contributed by atoms with Crippen LogP contribution in [0.2, 0.25) is 0 Å².